The van der Waals surface area contributed by atoms with Crippen LogP contribution in [0.3, 0.4) is 0 Å². The van der Waals surface area contributed by atoms with Gasteiger partial charge in [-0.2, -0.15) is 0 Å². The van der Waals surface area contributed by atoms with Gasteiger partial charge in [-0.05, 0) is 53.3 Å². The lowest BCUT2D eigenvalue weighted by Gasteiger charge is -2.36. The van der Waals surface area contributed by atoms with E-state index in [2.05, 4.69) is 45.2 Å². The van der Waals surface area contributed by atoms with E-state index in [1.807, 2.05) is 11.9 Å². The number of benzene rings is 2. The summed E-state index contributed by atoms with van der Waals surface area (Å²) in [6.07, 6.45) is 2.55. The molecule has 186 valence electrons. The fourth-order valence-corrected chi connectivity index (χ4v) is 5.65. The number of aryl methyl sites for hydroxylation is 1. The van der Waals surface area contributed by atoms with E-state index in [1.165, 1.54) is 27.4 Å². The number of carbonyl (C=O) groups excluding carboxylic acids is 3. The van der Waals surface area contributed by atoms with Crippen LogP contribution in [0.2, 0.25) is 0 Å². The fourth-order valence-electron chi connectivity index (χ4n) is 5.65. The van der Waals surface area contributed by atoms with Crippen molar-refractivity contribution in [2.45, 2.75) is 32.0 Å². The van der Waals surface area contributed by atoms with Crippen LogP contribution < -0.4 is 10.2 Å². The number of nitrogens with one attached hydrogen (secondary N) is 1. The van der Waals surface area contributed by atoms with Gasteiger partial charge in [-0.3, -0.25) is 24.6 Å². The smallest absolute Gasteiger partial charge is 0.255 e. The summed E-state index contributed by atoms with van der Waals surface area (Å²) in [5.41, 5.74) is 4.00. The highest BCUT2D eigenvalue weighted by molar-refractivity contribution is 6.05. The average molecular weight is 490 g/mol. The highest BCUT2D eigenvalue weighted by Crippen LogP contribution is 2.33. The molecule has 3 aliphatic rings. The zero-order valence-electron chi connectivity index (χ0n) is 20.2. The molecule has 0 radical (unpaired) electrons. The van der Waals surface area contributed by atoms with Gasteiger partial charge in [-0.1, -0.05) is 6.07 Å². The maximum absolute atomic E-state index is 15.1. The lowest BCUT2D eigenvalue weighted by atomic mass is 10.0. The number of imide groups is 1. The summed E-state index contributed by atoms with van der Waals surface area (Å²) >= 11 is 0. The van der Waals surface area contributed by atoms with E-state index in [4.69, 9.17) is 0 Å². The number of amides is 3. The molecule has 1 N–H and O–H groups in total. The molecule has 2 fully saturated rings. The van der Waals surface area contributed by atoms with Gasteiger partial charge in [0.05, 0.1) is 5.69 Å². The highest BCUT2D eigenvalue weighted by atomic mass is 19.1. The minimum atomic E-state index is -0.701. The van der Waals surface area contributed by atoms with Gasteiger partial charge < -0.3 is 14.4 Å². The van der Waals surface area contributed by atoms with Crippen molar-refractivity contribution in [3.8, 4) is 0 Å². The number of fused-ring (bicyclic) bond motifs is 2. The third kappa shape index (κ3) is 3.93. The third-order valence-electron chi connectivity index (χ3n) is 7.66. The van der Waals surface area contributed by atoms with Crippen LogP contribution in [-0.4, -0.2) is 64.3 Å². The second-order valence-corrected chi connectivity index (χ2v) is 9.94. The number of piperazine rings is 1. The first-order valence-corrected chi connectivity index (χ1v) is 12.4. The van der Waals surface area contributed by atoms with Crippen molar-refractivity contribution in [1.29, 1.82) is 0 Å². The molecule has 1 aromatic heterocycles. The number of hydrogen-bond donors (Lipinski definition) is 1. The Balaban J connectivity index is 1.13. The van der Waals surface area contributed by atoms with Crippen molar-refractivity contribution in [1.82, 2.24) is 19.7 Å². The Morgan fingerprint density at radius 2 is 1.83 bits per heavy atom. The lowest BCUT2D eigenvalue weighted by Crippen LogP contribution is -2.52. The van der Waals surface area contributed by atoms with Gasteiger partial charge in [0.2, 0.25) is 11.8 Å². The van der Waals surface area contributed by atoms with Gasteiger partial charge in [0, 0.05) is 70.0 Å². The van der Waals surface area contributed by atoms with E-state index in [9.17, 15) is 14.4 Å². The number of hydrogen-bond acceptors (Lipinski definition) is 5. The van der Waals surface area contributed by atoms with Gasteiger partial charge in [0.25, 0.3) is 5.91 Å². The van der Waals surface area contributed by atoms with Crippen molar-refractivity contribution in [3.63, 3.8) is 0 Å². The molecule has 9 heteroatoms. The predicted molar refractivity (Wildman–Crippen MR) is 133 cm³/mol. The second kappa shape index (κ2) is 8.74. The maximum Gasteiger partial charge on any atom is 0.255 e. The minimum Gasteiger partial charge on any atom is -0.367 e. The molecule has 36 heavy (non-hydrogen) atoms. The van der Waals surface area contributed by atoms with Crippen LogP contribution in [0.5, 0.6) is 0 Å². The Bertz CT molecular complexity index is 1390. The van der Waals surface area contributed by atoms with Crippen LogP contribution >= 0.6 is 0 Å². The number of rotatable bonds is 4. The summed E-state index contributed by atoms with van der Waals surface area (Å²) in [7, 11) is 2.04. The summed E-state index contributed by atoms with van der Waals surface area (Å²) in [4.78, 5) is 42.6. The predicted octanol–water partition coefficient (Wildman–Crippen LogP) is 2.40. The van der Waals surface area contributed by atoms with Crippen LogP contribution in [0.25, 0.3) is 10.9 Å². The topological polar surface area (TPSA) is 77.9 Å². The highest BCUT2D eigenvalue weighted by Gasteiger charge is 2.40. The van der Waals surface area contributed by atoms with Gasteiger partial charge in [-0.15, -0.1) is 0 Å². The average Bonchev–Trinajstić information content (AvgIpc) is 3.38. The van der Waals surface area contributed by atoms with Crippen LogP contribution in [0.15, 0.2) is 42.6 Å². The van der Waals surface area contributed by atoms with E-state index in [0.717, 1.165) is 25.2 Å². The molecule has 0 bridgehead atoms. The Morgan fingerprint density at radius 3 is 2.61 bits per heavy atom. The van der Waals surface area contributed by atoms with Gasteiger partial charge in [-0.25, -0.2) is 4.39 Å². The number of piperidine rings is 1. The van der Waals surface area contributed by atoms with Crippen LogP contribution in [0.4, 0.5) is 10.1 Å². The van der Waals surface area contributed by atoms with Crippen LogP contribution in [0.1, 0.15) is 34.3 Å². The Labute approximate surface area is 208 Å². The number of halogens is 1. The van der Waals surface area contributed by atoms with E-state index >= 15 is 4.39 Å². The number of anilines is 1. The van der Waals surface area contributed by atoms with E-state index in [-0.39, 0.29) is 24.8 Å². The molecule has 6 rings (SSSR count). The second-order valence-electron chi connectivity index (χ2n) is 9.94. The molecule has 1 atom stereocenters. The minimum absolute atomic E-state index is 0.194. The zero-order valence-corrected chi connectivity index (χ0v) is 20.2. The molecule has 3 amide bonds. The third-order valence-corrected chi connectivity index (χ3v) is 7.66. The molecule has 0 aliphatic carbocycles. The summed E-state index contributed by atoms with van der Waals surface area (Å²) in [5.74, 6) is -1.57. The molecule has 8 nitrogen and oxygen atoms in total. The van der Waals surface area contributed by atoms with Gasteiger partial charge in [0.15, 0.2) is 0 Å². The van der Waals surface area contributed by atoms with Crippen molar-refractivity contribution in [3.05, 3.63) is 65.1 Å². The first kappa shape index (κ1) is 22.7. The van der Waals surface area contributed by atoms with Crippen LogP contribution in [0, 0.1) is 5.82 Å². The monoisotopic (exact) mass is 489 g/mol. The van der Waals surface area contributed by atoms with Crippen molar-refractivity contribution < 1.29 is 18.8 Å². The van der Waals surface area contributed by atoms with Crippen molar-refractivity contribution in [2.24, 2.45) is 7.05 Å². The molecule has 2 aromatic carbocycles. The maximum atomic E-state index is 15.1. The number of nitrogens with zero attached hydrogens (tertiary/aromatic N) is 4. The van der Waals surface area contributed by atoms with Crippen molar-refractivity contribution in [2.75, 3.05) is 31.1 Å². The molecule has 1 unspecified atom stereocenters. The summed E-state index contributed by atoms with van der Waals surface area (Å²) in [6.45, 7) is 4.09. The SMILES string of the molecule is Cn1ccc2cc(CN3CCN(c4cc5c(cc4F)C(=O)N(C4CCC(=O)NC4=O)C5)CC3)ccc21. The molecule has 0 saturated carbocycles. The summed E-state index contributed by atoms with van der Waals surface area (Å²) in [5, 5.41) is 3.53. The molecule has 3 aromatic rings. The molecular weight excluding hydrogens is 461 g/mol. The summed E-state index contributed by atoms with van der Waals surface area (Å²) in [6, 6.07) is 11.0. The molecule has 3 aliphatic heterocycles. The Hall–Kier alpha value is -3.72. The quantitative estimate of drug-likeness (QED) is 0.570. The zero-order chi connectivity index (χ0) is 25.0. The number of carbonyl (C=O) groups is 3. The largest absolute Gasteiger partial charge is 0.367 e. The van der Waals surface area contributed by atoms with Gasteiger partial charge >= 0.3 is 0 Å². The first-order chi connectivity index (χ1) is 17.4. The molecule has 0 spiro atoms. The molecule has 4 heterocycles. The number of aromatic nitrogens is 1. The van der Waals surface area contributed by atoms with Crippen molar-refractivity contribution >= 4 is 34.3 Å². The van der Waals surface area contributed by atoms with Crippen LogP contribution in [-0.2, 0) is 29.7 Å². The van der Waals surface area contributed by atoms with E-state index in [1.54, 1.807) is 6.07 Å². The Kier molecular flexibility index (Phi) is 5.52. The van der Waals surface area contributed by atoms with Gasteiger partial charge in [0.1, 0.15) is 11.9 Å². The Morgan fingerprint density at radius 1 is 1.03 bits per heavy atom. The first-order valence-electron chi connectivity index (χ1n) is 12.4. The summed E-state index contributed by atoms with van der Waals surface area (Å²) < 4.78 is 17.3. The normalized spacial score (nSPS) is 20.8. The van der Waals surface area contributed by atoms with E-state index < -0.39 is 17.8 Å². The molecule has 2 saturated heterocycles. The lowest BCUT2D eigenvalue weighted by molar-refractivity contribution is -0.136. The fraction of sp³-hybridized carbons (Fsp3) is 0.370. The molecular formula is C27H28FN5O3. The standard InChI is InChI=1S/C27H28FN5O3/c1-30-7-6-18-12-17(2-3-22(18)30)15-31-8-10-32(11-9-31)24-13-19-16-33(27(36)20(19)14-21(24)28)23-4-5-25(34)29-26(23)35/h2-3,6-7,12-14,23H,4-5,8-11,15-16H2,1H3,(H,29,34,35). The van der Waals surface area contributed by atoms with E-state index in [0.29, 0.717) is 30.8 Å².